The van der Waals surface area contributed by atoms with Crippen molar-refractivity contribution in [2.24, 2.45) is 5.92 Å². The summed E-state index contributed by atoms with van der Waals surface area (Å²) in [4.78, 5) is 12.0. The van der Waals surface area contributed by atoms with E-state index in [0.717, 1.165) is 18.6 Å². The summed E-state index contributed by atoms with van der Waals surface area (Å²) in [5.74, 6) is 0.875. The van der Waals surface area contributed by atoms with Gasteiger partial charge in [-0.2, -0.15) is 0 Å². The molecule has 118 valence electrons. The van der Waals surface area contributed by atoms with Crippen LogP contribution in [0.5, 0.6) is 0 Å². The summed E-state index contributed by atoms with van der Waals surface area (Å²) in [7, 11) is -3.13. The monoisotopic (exact) mass is 314 g/mol. The van der Waals surface area contributed by atoms with E-state index in [9.17, 15) is 13.2 Å². The molecule has 21 heavy (non-hydrogen) atoms. The first kappa shape index (κ1) is 16.0. The van der Waals surface area contributed by atoms with Crippen LogP contribution in [0, 0.1) is 5.92 Å². The predicted octanol–water partition coefficient (Wildman–Crippen LogP) is 1.00. The maximum absolute atomic E-state index is 12.0. The largest absolute Gasteiger partial charge is 0.469 e. The SMILES string of the molecule is CS(=O)(=O)N1CCC(C(=O)NCCCc2ccco2)CC1. The number of nitrogens with one attached hydrogen (secondary N) is 1. The first-order valence-electron chi connectivity index (χ1n) is 7.22. The van der Waals surface area contributed by atoms with Gasteiger partial charge in [0.15, 0.2) is 0 Å². The van der Waals surface area contributed by atoms with E-state index in [-0.39, 0.29) is 11.8 Å². The highest BCUT2D eigenvalue weighted by molar-refractivity contribution is 7.88. The molecule has 1 aliphatic rings. The van der Waals surface area contributed by atoms with Crippen LogP contribution in [-0.2, 0) is 21.2 Å². The summed E-state index contributed by atoms with van der Waals surface area (Å²) in [6.07, 6.45) is 5.68. The summed E-state index contributed by atoms with van der Waals surface area (Å²) >= 11 is 0. The Hall–Kier alpha value is -1.34. The first-order valence-corrected chi connectivity index (χ1v) is 9.07. The quantitative estimate of drug-likeness (QED) is 0.795. The minimum Gasteiger partial charge on any atom is -0.469 e. The topological polar surface area (TPSA) is 79.6 Å². The number of carbonyl (C=O) groups is 1. The zero-order chi connectivity index (χ0) is 15.3. The van der Waals surface area contributed by atoms with Crippen LogP contribution >= 0.6 is 0 Å². The van der Waals surface area contributed by atoms with Gasteiger partial charge >= 0.3 is 0 Å². The molecule has 1 amide bonds. The van der Waals surface area contributed by atoms with Gasteiger partial charge in [-0.1, -0.05) is 0 Å². The molecule has 1 fully saturated rings. The second kappa shape index (κ2) is 7.09. The van der Waals surface area contributed by atoms with Gasteiger partial charge in [0.05, 0.1) is 12.5 Å². The van der Waals surface area contributed by atoms with Gasteiger partial charge in [0, 0.05) is 32.0 Å². The molecule has 7 heteroatoms. The number of nitrogens with zero attached hydrogens (tertiary/aromatic N) is 1. The van der Waals surface area contributed by atoms with E-state index in [1.807, 2.05) is 12.1 Å². The van der Waals surface area contributed by atoms with Gasteiger partial charge in [0.2, 0.25) is 15.9 Å². The smallest absolute Gasteiger partial charge is 0.223 e. The molecule has 1 aliphatic heterocycles. The number of piperidine rings is 1. The van der Waals surface area contributed by atoms with Crippen LogP contribution in [0.15, 0.2) is 22.8 Å². The van der Waals surface area contributed by atoms with Crippen LogP contribution in [0.25, 0.3) is 0 Å². The summed E-state index contributed by atoms with van der Waals surface area (Å²) in [6, 6.07) is 3.77. The Labute approximate surface area is 125 Å². The van der Waals surface area contributed by atoms with E-state index in [4.69, 9.17) is 4.42 Å². The normalized spacial score (nSPS) is 17.8. The molecule has 2 heterocycles. The minimum absolute atomic E-state index is 0.0302. The molecule has 0 unspecified atom stereocenters. The van der Waals surface area contributed by atoms with Crippen molar-refractivity contribution < 1.29 is 17.6 Å². The lowest BCUT2D eigenvalue weighted by molar-refractivity contribution is -0.126. The van der Waals surface area contributed by atoms with Crippen molar-refractivity contribution in [1.29, 1.82) is 0 Å². The fraction of sp³-hybridized carbons (Fsp3) is 0.643. The fourth-order valence-corrected chi connectivity index (χ4v) is 3.40. The van der Waals surface area contributed by atoms with Gasteiger partial charge in [0.1, 0.15) is 5.76 Å². The highest BCUT2D eigenvalue weighted by Crippen LogP contribution is 2.19. The number of hydrogen-bond donors (Lipinski definition) is 1. The molecule has 0 spiro atoms. The van der Waals surface area contributed by atoms with E-state index >= 15 is 0 Å². The molecular formula is C14H22N2O4S. The van der Waals surface area contributed by atoms with Gasteiger partial charge < -0.3 is 9.73 Å². The van der Waals surface area contributed by atoms with Crippen molar-refractivity contribution in [3.63, 3.8) is 0 Å². The van der Waals surface area contributed by atoms with Gasteiger partial charge in [-0.15, -0.1) is 0 Å². The molecule has 1 aromatic heterocycles. The van der Waals surface area contributed by atoms with Gasteiger partial charge in [-0.25, -0.2) is 12.7 Å². The molecule has 0 aromatic carbocycles. The summed E-state index contributed by atoms with van der Waals surface area (Å²) in [6.45, 7) is 1.48. The Balaban J connectivity index is 1.65. The van der Waals surface area contributed by atoms with Crippen molar-refractivity contribution in [3.05, 3.63) is 24.2 Å². The minimum atomic E-state index is -3.13. The zero-order valence-corrected chi connectivity index (χ0v) is 13.1. The van der Waals surface area contributed by atoms with E-state index in [0.29, 0.717) is 32.5 Å². The highest BCUT2D eigenvalue weighted by Gasteiger charge is 2.28. The second-order valence-corrected chi connectivity index (χ2v) is 7.39. The molecule has 1 N–H and O–H groups in total. The van der Waals surface area contributed by atoms with Crippen LogP contribution in [0.2, 0.25) is 0 Å². The fourth-order valence-electron chi connectivity index (χ4n) is 2.52. The van der Waals surface area contributed by atoms with Crippen molar-refractivity contribution in [2.45, 2.75) is 25.7 Å². The number of aryl methyl sites for hydroxylation is 1. The second-order valence-electron chi connectivity index (χ2n) is 5.41. The lowest BCUT2D eigenvalue weighted by Gasteiger charge is -2.29. The molecule has 0 bridgehead atoms. The van der Waals surface area contributed by atoms with Crippen LogP contribution in [0.1, 0.15) is 25.0 Å². The predicted molar refractivity (Wildman–Crippen MR) is 79.2 cm³/mol. The number of carbonyl (C=O) groups excluding carboxylic acids is 1. The molecule has 0 aliphatic carbocycles. The van der Waals surface area contributed by atoms with Crippen molar-refractivity contribution in [1.82, 2.24) is 9.62 Å². The molecule has 1 saturated heterocycles. The Kier molecular flexibility index (Phi) is 5.41. The summed E-state index contributed by atoms with van der Waals surface area (Å²) in [5, 5.41) is 2.92. The number of sulfonamides is 1. The Bertz CT molecular complexity index is 546. The third kappa shape index (κ3) is 4.86. The maximum Gasteiger partial charge on any atom is 0.223 e. The van der Waals surface area contributed by atoms with E-state index < -0.39 is 10.0 Å². The van der Waals surface area contributed by atoms with Crippen molar-refractivity contribution >= 4 is 15.9 Å². The summed E-state index contributed by atoms with van der Waals surface area (Å²) < 4.78 is 29.5. The van der Waals surface area contributed by atoms with Crippen molar-refractivity contribution in [2.75, 3.05) is 25.9 Å². The third-order valence-corrected chi connectivity index (χ3v) is 5.08. The van der Waals surface area contributed by atoms with Gasteiger partial charge in [-0.3, -0.25) is 4.79 Å². The number of amides is 1. The van der Waals surface area contributed by atoms with E-state index in [1.54, 1.807) is 6.26 Å². The lowest BCUT2D eigenvalue weighted by atomic mass is 9.97. The average Bonchev–Trinajstić information content (AvgIpc) is 2.96. The molecule has 0 atom stereocenters. The number of furan rings is 1. The molecular weight excluding hydrogens is 292 g/mol. The molecule has 0 saturated carbocycles. The van der Waals surface area contributed by atoms with E-state index in [2.05, 4.69) is 5.32 Å². The third-order valence-electron chi connectivity index (χ3n) is 3.77. The maximum atomic E-state index is 12.0. The van der Waals surface area contributed by atoms with Crippen LogP contribution < -0.4 is 5.32 Å². The number of hydrogen-bond acceptors (Lipinski definition) is 4. The molecule has 6 nitrogen and oxygen atoms in total. The van der Waals surface area contributed by atoms with Gasteiger partial charge in [0.25, 0.3) is 0 Å². The van der Waals surface area contributed by atoms with E-state index in [1.165, 1.54) is 10.6 Å². The highest BCUT2D eigenvalue weighted by atomic mass is 32.2. The van der Waals surface area contributed by atoms with Crippen LogP contribution in [0.4, 0.5) is 0 Å². The Morgan fingerprint density at radius 2 is 2.14 bits per heavy atom. The lowest BCUT2D eigenvalue weighted by Crippen LogP contribution is -2.42. The standard InChI is InChI=1S/C14H22N2O4S/c1-21(18,19)16-9-6-12(7-10-16)14(17)15-8-2-4-13-5-3-11-20-13/h3,5,11-12H,2,4,6-10H2,1H3,(H,15,17). The average molecular weight is 314 g/mol. The molecule has 2 rings (SSSR count). The Morgan fingerprint density at radius 1 is 1.43 bits per heavy atom. The van der Waals surface area contributed by atoms with Crippen molar-refractivity contribution in [3.8, 4) is 0 Å². The zero-order valence-electron chi connectivity index (χ0n) is 12.2. The first-order chi connectivity index (χ1) is 9.97. The molecule has 0 radical (unpaired) electrons. The van der Waals surface area contributed by atoms with Crippen LogP contribution in [-0.4, -0.2) is 44.5 Å². The summed E-state index contributed by atoms with van der Waals surface area (Å²) in [5.41, 5.74) is 0. The Morgan fingerprint density at radius 3 is 2.71 bits per heavy atom. The van der Waals surface area contributed by atoms with Gasteiger partial charge in [-0.05, 0) is 31.4 Å². The number of rotatable bonds is 6. The molecule has 1 aromatic rings. The van der Waals surface area contributed by atoms with Crippen LogP contribution in [0.3, 0.4) is 0 Å².